The van der Waals surface area contributed by atoms with Gasteiger partial charge in [-0.05, 0) is 30.5 Å². The van der Waals surface area contributed by atoms with Crippen LogP contribution in [0.4, 0.5) is 11.4 Å². The Labute approximate surface area is 112 Å². The molecule has 0 bridgehead atoms. The summed E-state index contributed by atoms with van der Waals surface area (Å²) >= 11 is 0. The Kier molecular flexibility index (Phi) is 4.34. The van der Waals surface area contributed by atoms with Gasteiger partial charge in [-0.1, -0.05) is 19.4 Å². The third-order valence-electron chi connectivity index (χ3n) is 3.77. The van der Waals surface area contributed by atoms with Crippen molar-refractivity contribution in [1.29, 1.82) is 0 Å². The molecule has 0 aliphatic carbocycles. The minimum atomic E-state index is -0.405. The number of nitro groups is 1. The molecule has 19 heavy (non-hydrogen) atoms. The van der Waals surface area contributed by atoms with Gasteiger partial charge >= 0.3 is 0 Å². The number of nitrogens with one attached hydrogen (secondary N) is 1. The molecule has 1 fully saturated rings. The summed E-state index contributed by atoms with van der Waals surface area (Å²) in [7, 11) is 0. The number of nitrogens with two attached hydrogens (primary N) is 1. The van der Waals surface area contributed by atoms with Crippen molar-refractivity contribution in [2.24, 2.45) is 11.8 Å². The Hall–Kier alpha value is -1.66. The molecule has 3 N–H and O–H groups in total. The lowest BCUT2D eigenvalue weighted by molar-refractivity contribution is -0.384. The van der Waals surface area contributed by atoms with Crippen LogP contribution in [0.3, 0.4) is 0 Å². The molecule has 0 radical (unpaired) electrons. The van der Waals surface area contributed by atoms with Gasteiger partial charge in [0.1, 0.15) is 5.69 Å². The molecule has 1 atom stereocenters. The molecular formula is C13H20N4O2. The highest BCUT2D eigenvalue weighted by Crippen LogP contribution is 2.27. The Morgan fingerprint density at radius 1 is 1.58 bits per heavy atom. The van der Waals surface area contributed by atoms with E-state index >= 15 is 0 Å². The van der Waals surface area contributed by atoms with Crippen LogP contribution in [0.2, 0.25) is 0 Å². The second-order valence-corrected chi connectivity index (χ2v) is 5.05. The van der Waals surface area contributed by atoms with Crippen molar-refractivity contribution >= 4 is 11.4 Å². The van der Waals surface area contributed by atoms with Gasteiger partial charge in [0, 0.05) is 19.2 Å². The molecule has 104 valence electrons. The van der Waals surface area contributed by atoms with Crippen molar-refractivity contribution in [3.63, 3.8) is 0 Å². The number of nitrogens with zero attached hydrogens (tertiary/aromatic N) is 2. The second-order valence-electron chi connectivity index (χ2n) is 5.05. The van der Waals surface area contributed by atoms with Gasteiger partial charge in [0.25, 0.3) is 5.69 Å². The van der Waals surface area contributed by atoms with Crippen LogP contribution in [0.25, 0.3) is 0 Å². The number of anilines is 1. The smallest absolute Gasteiger partial charge is 0.293 e. The molecule has 0 saturated carbocycles. The van der Waals surface area contributed by atoms with Crippen molar-refractivity contribution < 1.29 is 4.92 Å². The van der Waals surface area contributed by atoms with E-state index in [1.54, 1.807) is 12.1 Å². The van der Waals surface area contributed by atoms with Gasteiger partial charge in [-0.25, -0.2) is 0 Å². The van der Waals surface area contributed by atoms with E-state index in [4.69, 9.17) is 5.84 Å². The van der Waals surface area contributed by atoms with Crippen LogP contribution in [0.5, 0.6) is 0 Å². The van der Waals surface area contributed by atoms with Crippen LogP contribution in [0.1, 0.15) is 25.3 Å². The zero-order valence-corrected chi connectivity index (χ0v) is 11.1. The number of likely N-dealkylation sites (tertiary alicyclic amines) is 1. The van der Waals surface area contributed by atoms with Crippen LogP contribution in [-0.4, -0.2) is 22.9 Å². The fourth-order valence-electron chi connectivity index (χ4n) is 2.60. The molecule has 0 spiro atoms. The van der Waals surface area contributed by atoms with Gasteiger partial charge in [-0.2, -0.15) is 0 Å². The van der Waals surface area contributed by atoms with E-state index in [9.17, 15) is 10.1 Å². The first-order valence-corrected chi connectivity index (χ1v) is 6.60. The predicted molar refractivity (Wildman–Crippen MR) is 74.6 cm³/mol. The molecule has 1 saturated heterocycles. The van der Waals surface area contributed by atoms with E-state index in [1.807, 2.05) is 6.07 Å². The fraction of sp³-hybridized carbons (Fsp3) is 0.538. The lowest BCUT2D eigenvalue weighted by Gasteiger charge is -2.16. The Bertz CT molecular complexity index is 464. The van der Waals surface area contributed by atoms with Crippen LogP contribution < -0.4 is 11.3 Å². The van der Waals surface area contributed by atoms with Crippen molar-refractivity contribution in [2.75, 3.05) is 18.5 Å². The van der Waals surface area contributed by atoms with Gasteiger partial charge < -0.3 is 5.43 Å². The zero-order valence-electron chi connectivity index (χ0n) is 11.1. The molecule has 0 aromatic heterocycles. The average molecular weight is 264 g/mol. The molecular weight excluding hydrogens is 244 g/mol. The molecule has 2 rings (SSSR count). The lowest BCUT2D eigenvalue weighted by atomic mass is 10.1. The van der Waals surface area contributed by atoms with Gasteiger partial charge in [0.05, 0.1) is 4.92 Å². The minimum Gasteiger partial charge on any atom is -0.318 e. The number of nitro benzene ring substituents is 1. The first kappa shape index (κ1) is 13.8. The van der Waals surface area contributed by atoms with E-state index in [1.165, 1.54) is 12.8 Å². The quantitative estimate of drug-likeness (QED) is 0.483. The summed E-state index contributed by atoms with van der Waals surface area (Å²) in [6.07, 6.45) is 2.42. The molecule has 1 aromatic rings. The Morgan fingerprint density at radius 3 is 2.95 bits per heavy atom. The summed E-state index contributed by atoms with van der Waals surface area (Å²) in [5.74, 6) is 6.04. The summed E-state index contributed by atoms with van der Waals surface area (Å²) < 4.78 is 0. The maximum atomic E-state index is 11.0. The van der Waals surface area contributed by atoms with E-state index < -0.39 is 4.92 Å². The molecule has 1 aliphatic heterocycles. The van der Waals surface area contributed by atoms with E-state index in [0.29, 0.717) is 5.69 Å². The molecule has 1 aromatic carbocycles. The number of rotatable bonds is 5. The predicted octanol–water partition coefficient (Wildman–Crippen LogP) is 2.11. The summed E-state index contributed by atoms with van der Waals surface area (Å²) in [5, 5.41) is 11.0. The zero-order chi connectivity index (χ0) is 13.8. The van der Waals surface area contributed by atoms with Crippen molar-refractivity contribution in [3.05, 3.63) is 33.9 Å². The first-order valence-electron chi connectivity index (χ1n) is 6.60. The van der Waals surface area contributed by atoms with Gasteiger partial charge in [0.2, 0.25) is 0 Å². The maximum absolute atomic E-state index is 11.0. The fourth-order valence-corrected chi connectivity index (χ4v) is 2.60. The third-order valence-corrected chi connectivity index (χ3v) is 3.77. The Balaban J connectivity index is 2.09. The highest BCUT2D eigenvalue weighted by Gasteiger charge is 2.22. The standard InChI is InChI=1S/C13H20N4O2/c1-2-10-5-6-16(8-10)9-11-3-4-12(15-14)13(7-11)17(18)19/h3-4,7,10,15H,2,5-6,8-9,14H2,1H3. The third kappa shape index (κ3) is 3.21. The number of hydrogen-bond acceptors (Lipinski definition) is 5. The summed E-state index contributed by atoms with van der Waals surface area (Å²) in [6, 6.07) is 5.16. The number of benzene rings is 1. The average Bonchev–Trinajstić information content (AvgIpc) is 2.86. The molecule has 1 aliphatic rings. The first-order chi connectivity index (χ1) is 9.13. The van der Waals surface area contributed by atoms with Crippen molar-refractivity contribution in [1.82, 2.24) is 4.90 Å². The molecule has 0 amide bonds. The SMILES string of the molecule is CCC1CCN(Cc2ccc(NN)c([N+](=O)[O-])c2)C1. The minimum absolute atomic E-state index is 0.0336. The van der Waals surface area contributed by atoms with E-state index in [-0.39, 0.29) is 5.69 Å². The van der Waals surface area contributed by atoms with Gasteiger partial charge in [0.15, 0.2) is 0 Å². The van der Waals surface area contributed by atoms with Crippen LogP contribution in [0, 0.1) is 16.0 Å². The van der Waals surface area contributed by atoms with E-state index in [0.717, 1.165) is 31.1 Å². The summed E-state index contributed by atoms with van der Waals surface area (Å²) in [5.41, 5.74) is 3.70. The van der Waals surface area contributed by atoms with Gasteiger partial charge in [-0.3, -0.25) is 20.9 Å². The summed E-state index contributed by atoms with van der Waals surface area (Å²) in [6.45, 7) is 5.13. The van der Waals surface area contributed by atoms with Crippen LogP contribution in [-0.2, 0) is 6.54 Å². The van der Waals surface area contributed by atoms with Crippen LogP contribution in [0.15, 0.2) is 18.2 Å². The lowest BCUT2D eigenvalue weighted by Crippen LogP contribution is -2.20. The van der Waals surface area contributed by atoms with Gasteiger partial charge in [-0.15, -0.1) is 0 Å². The molecule has 6 heteroatoms. The maximum Gasteiger partial charge on any atom is 0.293 e. The number of hydrazine groups is 1. The largest absolute Gasteiger partial charge is 0.318 e. The molecule has 6 nitrogen and oxygen atoms in total. The highest BCUT2D eigenvalue weighted by atomic mass is 16.6. The summed E-state index contributed by atoms with van der Waals surface area (Å²) in [4.78, 5) is 12.9. The molecule has 1 unspecified atom stereocenters. The van der Waals surface area contributed by atoms with Crippen LogP contribution >= 0.6 is 0 Å². The number of hydrogen-bond donors (Lipinski definition) is 2. The van der Waals surface area contributed by atoms with E-state index in [2.05, 4.69) is 17.2 Å². The van der Waals surface area contributed by atoms with Crippen molar-refractivity contribution in [2.45, 2.75) is 26.3 Å². The second kappa shape index (κ2) is 5.99. The molecule has 1 heterocycles. The number of nitrogen functional groups attached to an aromatic ring is 1. The topological polar surface area (TPSA) is 84.4 Å². The normalized spacial score (nSPS) is 19.6. The Morgan fingerprint density at radius 2 is 2.37 bits per heavy atom. The van der Waals surface area contributed by atoms with Crippen molar-refractivity contribution in [3.8, 4) is 0 Å². The highest BCUT2D eigenvalue weighted by molar-refractivity contribution is 5.61. The monoisotopic (exact) mass is 264 g/mol.